The number of nitrogens with one attached hydrogen (secondary N) is 1. The number of benzene rings is 1. The van der Waals surface area contributed by atoms with Gasteiger partial charge < -0.3 is 0 Å². The molecule has 1 aromatic carbocycles. The van der Waals surface area contributed by atoms with Gasteiger partial charge in [0.15, 0.2) is 0 Å². The van der Waals surface area contributed by atoms with Gasteiger partial charge in [0.05, 0.1) is 11.4 Å². The topological polar surface area (TPSA) is 66.1 Å². The quantitative estimate of drug-likeness (QED) is 0.945. The summed E-state index contributed by atoms with van der Waals surface area (Å²) in [6.45, 7) is 6.02. The van der Waals surface area contributed by atoms with E-state index in [2.05, 4.69) is 22.3 Å². The maximum Gasteiger partial charge on any atom is 0.246 e. The summed E-state index contributed by atoms with van der Waals surface area (Å²) in [4.78, 5) is 0.327. The summed E-state index contributed by atoms with van der Waals surface area (Å²) >= 11 is 0. The van der Waals surface area contributed by atoms with Crippen LogP contribution in [-0.2, 0) is 10.0 Å². The molecule has 1 aromatic heterocycles. The maximum atomic E-state index is 13.0. The third-order valence-corrected chi connectivity index (χ3v) is 6.80. The summed E-state index contributed by atoms with van der Waals surface area (Å²) in [5.41, 5.74) is 2.34. The molecule has 1 N–H and O–H groups in total. The summed E-state index contributed by atoms with van der Waals surface area (Å²) in [6, 6.07) is 10.1. The van der Waals surface area contributed by atoms with Gasteiger partial charge in [0.25, 0.3) is 0 Å². The minimum absolute atomic E-state index is 0.0545. The van der Waals surface area contributed by atoms with Gasteiger partial charge in [-0.1, -0.05) is 30.3 Å². The van der Waals surface area contributed by atoms with Crippen LogP contribution in [0.1, 0.15) is 36.2 Å². The third-order valence-electron chi connectivity index (χ3n) is 4.55. The Bertz CT molecular complexity index is 748. The predicted molar refractivity (Wildman–Crippen MR) is 85.2 cm³/mol. The Balaban J connectivity index is 1.94. The minimum Gasteiger partial charge on any atom is -0.281 e. The Morgan fingerprint density at radius 3 is 2.50 bits per heavy atom. The average molecular weight is 319 g/mol. The fraction of sp³-hybridized carbons (Fsp3) is 0.438. The van der Waals surface area contributed by atoms with Crippen LogP contribution in [0.15, 0.2) is 35.2 Å². The molecule has 22 heavy (non-hydrogen) atoms. The molecule has 2 aromatic rings. The zero-order valence-corrected chi connectivity index (χ0v) is 13.9. The van der Waals surface area contributed by atoms with E-state index < -0.39 is 10.0 Å². The molecule has 2 heterocycles. The van der Waals surface area contributed by atoms with Crippen molar-refractivity contribution < 1.29 is 8.42 Å². The lowest BCUT2D eigenvalue weighted by Gasteiger charge is -2.24. The Labute approximate surface area is 131 Å². The van der Waals surface area contributed by atoms with E-state index in [9.17, 15) is 8.42 Å². The van der Waals surface area contributed by atoms with Crippen LogP contribution >= 0.6 is 0 Å². The number of aromatic amines is 1. The van der Waals surface area contributed by atoms with Crippen LogP contribution in [0.5, 0.6) is 0 Å². The number of aromatic nitrogens is 2. The van der Waals surface area contributed by atoms with Crippen molar-refractivity contribution in [1.29, 1.82) is 0 Å². The Morgan fingerprint density at radius 1 is 1.23 bits per heavy atom. The largest absolute Gasteiger partial charge is 0.281 e. The third kappa shape index (κ3) is 2.36. The second-order valence-electron chi connectivity index (χ2n) is 5.93. The lowest BCUT2D eigenvalue weighted by Crippen LogP contribution is -2.35. The van der Waals surface area contributed by atoms with Crippen molar-refractivity contribution in [2.75, 3.05) is 6.54 Å². The highest BCUT2D eigenvalue weighted by Gasteiger charge is 2.41. The van der Waals surface area contributed by atoms with Crippen molar-refractivity contribution in [1.82, 2.24) is 14.5 Å². The second-order valence-corrected chi connectivity index (χ2v) is 7.75. The van der Waals surface area contributed by atoms with Crippen molar-refractivity contribution in [3.05, 3.63) is 47.3 Å². The number of aryl methyl sites for hydroxylation is 2. The molecule has 1 aliphatic heterocycles. The van der Waals surface area contributed by atoms with Gasteiger partial charge >= 0.3 is 0 Å². The molecule has 0 radical (unpaired) electrons. The molecule has 5 nitrogen and oxygen atoms in total. The van der Waals surface area contributed by atoms with E-state index >= 15 is 0 Å². The molecule has 1 fully saturated rings. The minimum atomic E-state index is -3.51. The number of sulfonamides is 1. The first-order valence-corrected chi connectivity index (χ1v) is 8.95. The van der Waals surface area contributed by atoms with Gasteiger partial charge in [0, 0.05) is 18.5 Å². The van der Waals surface area contributed by atoms with Gasteiger partial charge in [0.2, 0.25) is 10.0 Å². The van der Waals surface area contributed by atoms with E-state index in [4.69, 9.17) is 0 Å². The van der Waals surface area contributed by atoms with E-state index in [0.717, 1.165) is 6.42 Å². The summed E-state index contributed by atoms with van der Waals surface area (Å²) in [7, 11) is -3.51. The average Bonchev–Trinajstić information content (AvgIpc) is 3.03. The van der Waals surface area contributed by atoms with Gasteiger partial charge in [0.1, 0.15) is 4.90 Å². The Kier molecular flexibility index (Phi) is 3.82. The standard InChI is InChI=1S/C16H21N3O2S/c1-11-16(12(2)18-17-11)22(20,21)19-10-9-15(13(19)3)14-7-5-4-6-8-14/h4-8,13,15H,9-10H2,1-3H3,(H,17,18). The number of H-pyrrole nitrogens is 1. The highest BCUT2D eigenvalue weighted by atomic mass is 32.2. The predicted octanol–water partition coefficient (Wildman–Crippen LogP) is 2.59. The van der Waals surface area contributed by atoms with Crippen LogP contribution in [0, 0.1) is 13.8 Å². The fourth-order valence-electron chi connectivity index (χ4n) is 3.43. The zero-order chi connectivity index (χ0) is 15.9. The van der Waals surface area contributed by atoms with E-state index in [1.54, 1.807) is 18.2 Å². The van der Waals surface area contributed by atoms with Crippen LogP contribution < -0.4 is 0 Å². The smallest absolute Gasteiger partial charge is 0.246 e. The van der Waals surface area contributed by atoms with Gasteiger partial charge in [-0.05, 0) is 32.8 Å². The summed E-state index contributed by atoms with van der Waals surface area (Å²) < 4.78 is 27.6. The number of hydrogen-bond donors (Lipinski definition) is 1. The molecule has 1 aliphatic rings. The summed E-state index contributed by atoms with van der Waals surface area (Å²) in [5, 5.41) is 6.79. The lowest BCUT2D eigenvalue weighted by atomic mass is 9.93. The zero-order valence-electron chi connectivity index (χ0n) is 13.1. The molecule has 2 atom stereocenters. The fourth-order valence-corrected chi connectivity index (χ4v) is 5.45. The van der Waals surface area contributed by atoms with E-state index in [1.165, 1.54) is 5.56 Å². The monoisotopic (exact) mass is 319 g/mol. The maximum absolute atomic E-state index is 13.0. The van der Waals surface area contributed by atoms with Crippen LogP contribution in [-0.4, -0.2) is 35.5 Å². The molecular formula is C16H21N3O2S. The SMILES string of the molecule is Cc1n[nH]c(C)c1S(=O)(=O)N1CCC(c2ccccc2)C1C. The first-order chi connectivity index (χ1) is 10.4. The Hall–Kier alpha value is -1.66. The van der Waals surface area contributed by atoms with Crippen molar-refractivity contribution >= 4 is 10.0 Å². The van der Waals surface area contributed by atoms with E-state index in [-0.39, 0.29) is 12.0 Å². The highest BCUT2D eigenvalue weighted by Crippen LogP contribution is 2.37. The normalized spacial score (nSPS) is 23.0. The molecule has 0 aliphatic carbocycles. The highest BCUT2D eigenvalue weighted by molar-refractivity contribution is 7.89. The van der Waals surface area contributed by atoms with E-state index in [1.807, 2.05) is 25.1 Å². The van der Waals surface area contributed by atoms with Crippen molar-refractivity contribution in [2.24, 2.45) is 0 Å². The molecule has 2 unspecified atom stereocenters. The number of nitrogens with zero attached hydrogens (tertiary/aromatic N) is 2. The molecule has 6 heteroatoms. The molecule has 3 rings (SSSR count). The van der Waals surface area contributed by atoms with Crippen molar-refractivity contribution in [3.8, 4) is 0 Å². The molecule has 0 amide bonds. The molecule has 0 bridgehead atoms. The molecule has 118 valence electrons. The first-order valence-electron chi connectivity index (χ1n) is 7.51. The van der Waals surface area contributed by atoms with Gasteiger partial charge in [-0.15, -0.1) is 0 Å². The van der Waals surface area contributed by atoms with Crippen LogP contribution in [0.3, 0.4) is 0 Å². The molecular weight excluding hydrogens is 298 g/mol. The summed E-state index contributed by atoms with van der Waals surface area (Å²) in [5.74, 6) is 0.239. The first kappa shape index (κ1) is 15.2. The van der Waals surface area contributed by atoms with Crippen LogP contribution in [0.4, 0.5) is 0 Å². The Morgan fingerprint density at radius 2 is 1.91 bits per heavy atom. The van der Waals surface area contributed by atoms with Gasteiger partial charge in [-0.25, -0.2) is 8.42 Å². The van der Waals surface area contributed by atoms with E-state index in [0.29, 0.717) is 22.8 Å². The van der Waals surface area contributed by atoms with Crippen molar-refractivity contribution in [2.45, 2.75) is 44.0 Å². The lowest BCUT2D eigenvalue weighted by molar-refractivity contribution is 0.393. The molecule has 1 saturated heterocycles. The van der Waals surface area contributed by atoms with Gasteiger partial charge in [-0.3, -0.25) is 5.10 Å². The number of hydrogen-bond acceptors (Lipinski definition) is 3. The molecule has 0 spiro atoms. The van der Waals surface area contributed by atoms with Crippen molar-refractivity contribution in [3.63, 3.8) is 0 Å². The van der Waals surface area contributed by atoms with Gasteiger partial charge in [-0.2, -0.15) is 9.40 Å². The number of rotatable bonds is 3. The molecule has 0 saturated carbocycles. The van der Waals surface area contributed by atoms with Crippen LogP contribution in [0.25, 0.3) is 0 Å². The summed E-state index contributed by atoms with van der Waals surface area (Å²) in [6.07, 6.45) is 0.848. The second kappa shape index (κ2) is 5.52. The van der Waals surface area contributed by atoms with Crippen LogP contribution in [0.2, 0.25) is 0 Å².